The largest absolute Gasteiger partial charge is 0.394 e. The van der Waals surface area contributed by atoms with Crippen LogP contribution in [0.15, 0.2) is 121 Å². The summed E-state index contributed by atoms with van der Waals surface area (Å²) in [5.41, 5.74) is -13.3. The van der Waals surface area contributed by atoms with Gasteiger partial charge in [-0.2, -0.15) is 0 Å². The molecule has 0 bridgehead atoms. The Bertz CT molecular complexity index is 1700. The Labute approximate surface area is 251 Å². The minimum atomic E-state index is -4.11. The fraction of sp³-hybridized carbons (Fsp3) is 0.176. The van der Waals surface area contributed by atoms with Crippen LogP contribution in [-0.2, 0) is 4.74 Å². The molecule has 1 aliphatic heterocycles. The van der Waals surface area contributed by atoms with Crippen molar-refractivity contribution in [2.24, 2.45) is 0 Å². The highest BCUT2D eigenvalue weighted by Gasteiger charge is 2.86. The molecule has 1 fully saturated rings. The van der Waals surface area contributed by atoms with E-state index >= 15 is 0 Å². The van der Waals surface area contributed by atoms with Crippen LogP contribution in [0, 0.1) is 0 Å². The Balaban J connectivity index is 1.91. The van der Waals surface area contributed by atoms with Crippen molar-refractivity contribution in [2.75, 3.05) is 6.61 Å². The second-order valence-electron chi connectivity index (χ2n) is 10.4. The maximum absolute atomic E-state index is 14.5. The molecule has 0 spiro atoms. The number of carbonyl (C=O) groups is 4. The lowest BCUT2D eigenvalue weighted by Gasteiger charge is -2.60. The van der Waals surface area contributed by atoms with Crippen LogP contribution in [-0.4, -0.2) is 84.0 Å². The summed E-state index contributed by atoms with van der Waals surface area (Å²) in [6, 6.07) is 26.7. The molecule has 10 heteroatoms. The Morgan fingerprint density at radius 3 is 1.18 bits per heavy atom. The molecule has 4 aromatic rings. The summed E-state index contributed by atoms with van der Waals surface area (Å²) >= 11 is 0. The fourth-order valence-electron chi connectivity index (χ4n) is 5.68. The topological polar surface area (TPSA) is 179 Å². The molecule has 1 heterocycles. The first-order valence-electron chi connectivity index (χ1n) is 13.6. The SMILES string of the molecule is O=C(c1ccccc1)C1(O)O[C@H](CO)[C@@](O)(C(=O)c2ccccc2)[C@@](O)(C(=O)c2ccccc2)[C@]1(O)C(=O)c1ccccc1. The maximum Gasteiger partial charge on any atom is 0.273 e. The molecular formula is C34H28O10. The lowest BCUT2D eigenvalue weighted by Crippen LogP contribution is -2.91. The summed E-state index contributed by atoms with van der Waals surface area (Å²) in [6.45, 7) is -1.36. The van der Waals surface area contributed by atoms with Crippen molar-refractivity contribution in [3.8, 4) is 0 Å². The number of Topliss-reactive ketones (excluding diaryl/α,β-unsaturated/α-hetero) is 4. The van der Waals surface area contributed by atoms with Crippen molar-refractivity contribution in [1.82, 2.24) is 0 Å². The number of aliphatic hydroxyl groups excluding tert-OH is 1. The minimum Gasteiger partial charge on any atom is -0.394 e. The molecule has 44 heavy (non-hydrogen) atoms. The van der Waals surface area contributed by atoms with Crippen LogP contribution in [0.25, 0.3) is 0 Å². The predicted molar refractivity (Wildman–Crippen MR) is 155 cm³/mol. The summed E-state index contributed by atoms with van der Waals surface area (Å²) in [7, 11) is 0. The molecule has 0 aromatic heterocycles. The lowest BCUT2D eigenvalue weighted by atomic mass is 9.55. The van der Waals surface area contributed by atoms with E-state index in [2.05, 4.69) is 0 Å². The van der Waals surface area contributed by atoms with Crippen molar-refractivity contribution in [3.05, 3.63) is 144 Å². The van der Waals surface area contributed by atoms with Gasteiger partial charge in [0.1, 0.15) is 6.10 Å². The molecule has 10 nitrogen and oxygen atoms in total. The molecule has 1 unspecified atom stereocenters. The van der Waals surface area contributed by atoms with Crippen LogP contribution in [0.2, 0.25) is 0 Å². The molecule has 4 aromatic carbocycles. The van der Waals surface area contributed by atoms with Gasteiger partial charge in [-0.05, 0) is 0 Å². The highest BCUT2D eigenvalue weighted by atomic mass is 16.7. The smallest absolute Gasteiger partial charge is 0.273 e. The molecule has 1 aliphatic rings. The van der Waals surface area contributed by atoms with Crippen LogP contribution >= 0.6 is 0 Å². The zero-order valence-corrected chi connectivity index (χ0v) is 23.1. The number of rotatable bonds is 9. The van der Waals surface area contributed by atoms with Crippen molar-refractivity contribution in [2.45, 2.75) is 28.7 Å². The van der Waals surface area contributed by atoms with E-state index in [1.54, 1.807) is 0 Å². The zero-order valence-electron chi connectivity index (χ0n) is 23.1. The second kappa shape index (κ2) is 11.4. The van der Waals surface area contributed by atoms with Crippen molar-refractivity contribution in [1.29, 1.82) is 0 Å². The summed E-state index contributed by atoms with van der Waals surface area (Å²) in [5, 5.41) is 60.4. The van der Waals surface area contributed by atoms with Crippen LogP contribution in [0.1, 0.15) is 41.4 Å². The highest BCUT2D eigenvalue weighted by Crippen LogP contribution is 2.53. The first-order valence-corrected chi connectivity index (χ1v) is 13.6. The minimum absolute atomic E-state index is 0.314. The Morgan fingerprint density at radius 2 is 0.818 bits per heavy atom. The molecule has 224 valence electrons. The number of hydrogen-bond donors (Lipinski definition) is 5. The van der Waals surface area contributed by atoms with Gasteiger partial charge in [0.15, 0.2) is 5.60 Å². The summed E-state index contributed by atoms with van der Waals surface area (Å²) in [6.07, 6.45) is -2.44. The molecule has 0 radical (unpaired) electrons. The first kappa shape index (κ1) is 30.8. The van der Waals surface area contributed by atoms with Crippen LogP contribution in [0.4, 0.5) is 0 Å². The molecule has 5 N–H and O–H groups in total. The van der Waals surface area contributed by atoms with Crippen LogP contribution in [0.3, 0.4) is 0 Å². The van der Waals surface area contributed by atoms with Crippen molar-refractivity contribution < 1.29 is 49.4 Å². The van der Waals surface area contributed by atoms with E-state index in [0.717, 1.165) is 12.1 Å². The third-order valence-electron chi connectivity index (χ3n) is 7.97. The molecule has 1 saturated heterocycles. The Hall–Kier alpha value is -4.68. The monoisotopic (exact) mass is 596 g/mol. The van der Waals surface area contributed by atoms with E-state index in [1.807, 2.05) is 0 Å². The van der Waals surface area contributed by atoms with Gasteiger partial charge < -0.3 is 30.3 Å². The average Bonchev–Trinajstić information content (AvgIpc) is 3.08. The standard InChI is InChI=1S/C34H28O10/c35-21-26-31(40,27(36)22-13-5-1-6-14-22)32(41,28(37)23-15-7-2-8-16-23)33(42,29(38)24-17-9-3-10-18-24)34(43,44-26)30(39)25-19-11-4-12-20-25/h1-20,26,35,40-43H,21H2/t26-,31-,32+,33-,34?/m1/s1. The predicted octanol–water partition coefficient (Wildman–Crippen LogP) is 1.79. The number of ether oxygens (including phenoxy) is 1. The van der Waals surface area contributed by atoms with Gasteiger partial charge in [0, 0.05) is 22.3 Å². The first-order chi connectivity index (χ1) is 21.0. The van der Waals surface area contributed by atoms with Gasteiger partial charge in [-0.1, -0.05) is 121 Å². The lowest BCUT2D eigenvalue weighted by molar-refractivity contribution is -0.377. The fourth-order valence-corrected chi connectivity index (χ4v) is 5.68. The molecule has 0 amide bonds. The number of carbonyl (C=O) groups excluding carboxylic acids is 4. The van der Waals surface area contributed by atoms with E-state index in [0.29, 0.717) is 0 Å². The van der Waals surface area contributed by atoms with Gasteiger partial charge >= 0.3 is 0 Å². The molecule has 5 atom stereocenters. The number of benzene rings is 4. The molecule has 5 rings (SSSR count). The normalized spacial score (nSPS) is 28.2. The van der Waals surface area contributed by atoms with Crippen LogP contribution in [0.5, 0.6) is 0 Å². The summed E-state index contributed by atoms with van der Waals surface area (Å²) < 4.78 is 5.54. The molecule has 0 aliphatic carbocycles. The Morgan fingerprint density at radius 1 is 0.500 bits per heavy atom. The Kier molecular flexibility index (Phi) is 8.00. The second-order valence-corrected chi connectivity index (χ2v) is 10.4. The van der Waals surface area contributed by atoms with Gasteiger partial charge in [-0.15, -0.1) is 0 Å². The van der Waals surface area contributed by atoms with Gasteiger partial charge in [0.05, 0.1) is 6.61 Å². The third-order valence-corrected chi connectivity index (χ3v) is 7.97. The van der Waals surface area contributed by atoms with E-state index < -0.39 is 69.6 Å². The molecular weight excluding hydrogens is 568 g/mol. The highest BCUT2D eigenvalue weighted by molar-refractivity contribution is 6.21. The van der Waals surface area contributed by atoms with Gasteiger partial charge in [-0.3, -0.25) is 19.2 Å². The third kappa shape index (κ3) is 4.27. The van der Waals surface area contributed by atoms with Crippen molar-refractivity contribution in [3.63, 3.8) is 0 Å². The quantitative estimate of drug-likeness (QED) is 0.179. The van der Waals surface area contributed by atoms with Gasteiger partial charge in [-0.25, -0.2) is 0 Å². The number of ketones is 4. The number of hydrogen-bond acceptors (Lipinski definition) is 10. The average molecular weight is 597 g/mol. The number of aliphatic hydroxyl groups is 5. The zero-order chi connectivity index (χ0) is 31.8. The summed E-state index contributed by atoms with van der Waals surface area (Å²) in [4.78, 5) is 57.2. The van der Waals surface area contributed by atoms with Gasteiger partial charge in [0.25, 0.3) is 5.79 Å². The van der Waals surface area contributed by atoms with E-state index in [9.17, 15) is 44.7 Å². The maximum atomic E-state index is 14.5. The van der Waals surface area contributed by atoms with E-state index in [-0.39, 0.29) is 11.1 Å². The van der Waals surface area contributed by atoms with E-state index in [1.165, 1.54) is 109 Å². The van der Waals surface area contributed by atoms with Crippen molar-refractivity contribution >= 4 is 23.1 Å². The van der Waals surface area contributed by atoms with Crippen LogP contribution < -0.4 is 0 Å². The van der Waals surface area contributed by atoms with E-state index in [4.69, 9.17) is 4.74 Å². The summed E-state index contributed by atoms with van der Waals surface area (Å²) in [5.74, 6) is -10.0. The van der Waals surface area contributed by atoms with Gasteiger partial charge in [0.2, 0.25) is 34.3 Å². The molecule has 0 saturated carbocycles.